The molecule has 0 atom stereocenters. The summed E-state index contributed by atoms with van der Waals surface area (Å²) in [7, 11) is 1.77. The van der Waals surface area contributed by atoms with Crippen molar-refractivity contribution in [3.63, 3.8) is 0 Å². The second kappa shape index (κ2) is 6.31. The molecule has 1 aromatic rings. The van der Waals surface area contributed by atoms with Gasteiger partial charge >= 0.3 is 5.97 Å². The number of carboxylic acids is 1. The standard InChI is InChI=1S/C10H15N3O3S/c1-6-9(10(15)16)17-8(13-6)5-12-7(14)3-4-11-2/h11H,3-5H2,1-2H3,(H,12,14)(H,15,16). The van der Waals surface area contributed by atoms with Crippen molar-refractivity contribution in [3.05, 3.63) is 15.6 Å². The molecule has 1 heterocycles. The molecule has 0 radical (unpaired) electrons. The van der Waals surface area contributed by atoms with Crippen molar-refractivity contribution >= 4 is 23.2 Å². The number of carbonyl (C=O) groups is 2. The SMILES string of the molecule is CNCCC(=O)NCc1nc(C)c(C(=O)O)s1. The molecule has 0 bridgehead atoms. The average molecular weight is 257 g/mol. The van der Waals surface area contributed by atoms with Crippen LogP contribution in [0, 0.1) is 6.92 Å². The average Bonchev–Trinajstić information content (AvgIpc) is 2.65. The van der Waals surface area contributed by atoms with Crippen LogP contribution in [-0.2, 0) is 11.3 Å². The molecule has 0 saturated carbocycles. The molecule has 0 aromatic carbocycles. The van der Waals surface area contributed by atoms with Gasteiger partial charge in [-0.1, -0.05) is 0 Å². The number of amides is 1. The Kier molecular flexibility index (Phi) is 5.05. The van der Waals surface area contributed by atoms with Gasteiger partial charge in [0.05, 0.1) is 12.2 Å². The number of nitrogens with zero attached hydrogens (tertiary/aromatic N) is 1. The van der Waals surface area contributed by atoms with Crippen molar-refractivity contribution in [1.82, 2.24) is 15.6 Å². The van der Waals surface area contributed by atoms with Gasteiger partial charge in [0.25, 0.3) is 0 Å². The van der Waals surface area contributed by atoms with Gasteiger partial charge in [0.15, 0.2) is 0 Å². The fraction of sp³-hybridized carbons (Fsp3) is 0.500. The maximum Gasteiger partial charge on any atom is 0.347 e. The van der Waals surface area contributed by atoms with Crippen LogP contribution >= 0.6 is 11.3 Å². The zero-order valence-corrected chi connectivity index (χ0v) is 10.6. The third kappa shape index (κ3) is 4.12. The minimum atomic E-state index is -0.979. The number of hydrogen-bond acceptors (Lipinski definition) is 5. The third-order valence-corrected chi connectivity index (χ3v) is 3.22. The number of aromatic nitrogens is 1. The Morgan fingerprint density at radius 2 is 2.18 bits per heavy atom. The lowest BCUT2D eigenvalue weighted by Crippen LogP contribution is -2.25. The van der Waals surface area contributed by atoms with E-state index in [4.69, 9.17) is 5.11 Å². The predicted molar refractivity (Wildman–Crippen MR) is 64.2 cm³/mol. The van der Waals surface area contributed by atoms with Crippen molar-refractivity contribution in [2.24, 2.45) is 0 Å². The van der Waals surface area contributed by atoms with Gasteiger partial charge < -0.3 is 15.7 Å². The van der Waals surface area contributed by atoms with Crippen LogP contribution in [0.3, 0.4) is 0 Å². The molecule has 0 spiro atoms. The molecule has 7 heteroatoms. The van der Waals surface area contributed by atoms with Crippen molar-refractivity contribution in [3.8, 4) is 0 Å². The summed E-state index contributed by atoms with van der Waals surface area (Å²) in [6, 6.07) is 0. The molecular weight excluding hydrogens is 242 g/mol. The first-order valence-electron chi connectivity index (χ1n) is 5.15. The summed E-state index contributed by atoms with van der Waals surface area (Å²) >= 11 is 1.09. The van der Waals surface area contributed by atoms with E-state index in [1.54, 1.807) is 14.0 Å². The Balaban J connectivity index is 2.50. The van der Waals surface area contributed by atoms with Gasteiger partial charge in [-0.3, -0.25) is 4.79 Å². The summed E-state index contributed by atoms with van der Waals surface area (Å²) in [6.45, 7) is 2.54. The number of hydrogen-bond donors (Lipinski definition) is 3. The molecule has 1 amide bonds. The van der Waals surface area contributed by atoms with Crippen LogP contribution in [0.5, 0.6) is 0 Å². The monoisotopic (exact) mass is 257 g/mol. The summed E-state index contributed by atoms with van der Waals surface area (Å²) in [5.41, 5.74) is 0.488. The lowest BCUT2D eigenvalue weighted by atomic mass is 10.4. The van der Waals surface area contributed by atoms with Gasteiger partial charge in [0.1, 0.15) is 9.88 Å². The van der Waals surface area contributed by atoms with Gasteiger partial charge in [0.2, 0.25) is 5.91 Å². The molecule has 1 rings (SSSR count). The number of carbonyl (C=O) groups excluding carboxylic acids is 1. The van der Waals surface area contributed by atoms with E-state index in [9.17, 15) is 9.59 Å². The minimum absolute atomic E-state index is 0.0796. The first kappa shape index (κ1) is 13.6. The Hall–Kier alpha value is -1.47. The van der Waals surface area contributed by atoms with Crippen molar-refractivity contribution in [1.29, 1.82) is 0 Å². The van der Waals surface area contributed by atoms with Crippen LogP contribution in [0.1, 0.15) is 26.8 Å². The van der Waals surface area contributed by atoms with Gasteiger partial charge in [-0.05, 0) is 14.0 Å². The van der Waals surface area contributed by atoms with E-state index in [0.29, 0.717) is 23.7 Å². The smallest absolute Gasteiger partial charge is 0.347 e. The lowest BCUT2D eigenvalue weighted by molar-refractivity contribution is -0.121. The predicted octanol–water partition coefficient (Wildman–Crippen LogP) is 0.375. The van der Waals surface area contributed by atoms with Crippen molar-refractivity contribution in [2.75, 3.05) is 13.6 Å². The van der Waals surface area contributed by atoms with Crippen LogP contribution in [0.2, 0.25) is 0 Å². The van der Waals surface area contributed by atoms with E-state index in [2.05, 4.69) is 15.6 Å². The highest BCUT2D eigenvalue weighted by molar-refractivity contribution is 7.13. The number of rotatable bonds is 6. The van der Waals surface area contributed by atoms with E-state index in [1.165, 1.54) is 0 Å². The first-order chi connectivity index (χ1) is 8.04. The number of nitrogens with one attached hydrogen (secondary N) is 2. The summed E-state index contributed by atoms with van der Waals surface area (Å²) in [5, 5.41) is 15.0. The molecule has 3 N–H and O–H groups in total. The van der Waals surface area contributed by atoms with Crippen LogP contribution in [0.25, 0.3) is 0 Å². The lowest BCUT2D eigenvalue weighted by Gasteiger charge is -2.01. The third-order valence-electron chi connectivity index (χ3n) is 2.07. The Bertz CT molecular complexity index is 417. The Morgan fingerprint density at radius 3 is 2.71 bits per heavy atom. The molecule has 0 unspecified atom stereocenters. The fourth-order valence-corrected chi connectivity index (χ4v) is 2.07. The Labute approximate surface area is 103 Å². The molecule has 94 valence electrons. The molecule has 0 aliphatic carbocycles. The molecule has 0 aliphatic heterocycles. The maximum atomic E-state index is 11.3. The minimum Gasteiger partial charge on any atom is -0.477 e. The number of thiazole rings is 1. The second-order valence-corrected chi connectivity index (χ2v) is 4.54. The van der Waals surface area contributed by atoms with E-state index in [0.717, 1.165) is 11.3 Å². The number of carboxylic acid groups (broad SMARTS) is 1. The van der Waals surface area contributed by atoms with E-state index >= 15 is 0 Å². The zero-order valence-electron chi connectivity index (χ0n) is 9.74. The summed E-state index contributed by atoms with van der Waals surface area (Å²) in [4.78, 5) is 26.4. The zero-order chi connectivity index (χ0) is 12.8. The van der Waals surface area contributed by atoms with Crippen LogP contribution in [0.4, 0.5) is 0 Å². The summed E-state index contributed by atoms with van der Waals surface area (Å²) in [5.74, 6) is -1.06. The quantitative estimate of drug-likeness (QED) is 0.685. The molecule has 1 aromatic heterocycles. The van der Waals surface area contributed by atoms with Gasteiger partial charge in [-0.25, -0.2) is 9.78 Å². The molecule has 0 saturated heterocycles. The fourth-order valence-electron chi connectivity index (χ4n) is 1.23. The van der Waals surface area contributed by atoms with E-state index in [1.807, 2.05) is 0 Å². The Morgan fingerprint density at radius 1 is 1.47 bits per heavy atom. The highest BCUT2D eigenvalue weighted by atomic mass is 32.1. The maximum absolute atomic E-state index is 11.3. The van der Waals surface area contributed by atoms with Gasteiger partial charge in [0, 0.05) is 13.0 Å². The van der Waals surface area contributed by atoms with Crippen LogP contribution < -0.4 is 10.6 Å². The second-order valence-electron chi connectivity index (χ2n) is 3.46. The molecular formula is C10H15N3O3S. The van der Waals surface area contributed by atoms with Crippen LogP contribution in [-0.4, -0.2) is 35.6 Å². The molecule has 0 fully saturated rings. The highest BCUT2D eigenvalue weighted by Crippen LogP contribution is 2.17. The largest absolute Gasteiger partial charge is 0.477 e. The molecule has 6 nitrogen and oxygen atoms in total. The first-order valence-corrected chi connectivity index (χ1v) is 5.97. The topological polar surface area (TPSA) is 91.3 Å². The van der Waals surface area contributed by atoms with Crippen LogP contribution in [0.15, 0.2) is 0 Å². The summed E-state index contributed by atoms with van der Waals surface area (Å²) in [6.07, 6.45) is 0.395. The molecule has 17 heavy (non-hydrogen) atoms. The van der Waals surface area contributed by atoms with Crippen molar-refractivity contribution in [2.45, 2.75) is 19.9 Å². The summed E-state index contributed by atoms with van der Waals surface area (Å²) < 4.78 is 0. The normalized spacial score (nSPS) is 10.2. The number of aryl methyl sites for hydroxylation is 1. The highest BCUT2D eigenvalue weighted by Gasteiger charge is 2.14. The van der Waals surface area contributed by atoms with Gasteiger partial charge in [-0.2, -0.15) is 0 Å². The van der Waals surface area contributed by atoms with Gasteiger partial charge in [-0.15, -0.1) is 11.3 Å². The number of aromatic carboxylic acids is 1. The van der Waals surface area contributed by atoms with E-state index < -0.39 is 5.97 Å². The van der Waals surface area contributed by atoms with E-state index in [-0.39, 0.29) is 17.3 Å². The molecule has 0 aliphatic rings. The van der Waals surface area contributed by atoms with Crippen molar-refractivity contribution < 1.29 is 14.7 Å².